The van der Waals surface area contributed by atoms with Crippen LogP contribution in [0.1, 0.15) is 32.1 Å². The fraction of sp³-hybridized carbons (Fsp3) is 0.833. The summed E-state index contributed by atoms with van der Waals surface area (Å²) in [5, 5.41) is 2.96. The molecule has 2 amide bonds. The Morgan fingerprint density at radius 2 is 2.00 bits per heavy atom. The van der Waals surface area contributed by atoms with E-state index in [-0.39, 0.29) is 29.7 Å². The quantitative estimate of drug-likeness (QED) is 0.738. The third kappa shape index (κ3) is 2.97. The molecule has 1 aliphatic heterocycles. The number of ether oxygens (including phenoxy) is 1. The molecule has 1 heterocycles. The summed E-state index contributed by atoms with van der Waals surface area (Å²) in [6.07, 6.45) is 4.41. The Kier molecular flexibility index (Phi) is 3.99. The van der Waals surface area contributed by atoms with Crippen molar-refractivity contribution < 1.29 is 14.3 Å². The van der Waals surface area contributed by atoms with Gasteiger partial charge in [-0.1, -0.05) is 6.42 Å². The summed E-state index contributed by atoms with van der Waals surface area (Å²) in [6, 6.07) is -0.0677. The summed E-state index contributed by atoms with van der Waals surface area (Å²) in [7, 11) is 0. The minimum Gasteiger partial charge on any atom is -0.381 e. The third-order valence-corrected chi connectivity index (χ3v) is 3.74. The maximum atomic E-state index is 12.0. The van der Waals surface area contributed by atoms with Gasteiger partial charge in [0.05, 0.1) is 18.4 Å². The van der Waals surface area contributed by atoms with Crippen LogP contribution in [0, 0.1) is 11.8 Å². The second-order valence-electron chi connectivity index (χ2n) is 4.97. The minimum atomic E-state index is -0.298. The van der Waals surface area contributed by atoms with Gasteiger partial charge >= 0.3 is 0 Å². The van der Waals surface area contributed by atoms with Crippen LogP contribution >= 0.6 is 0 Å². The maximum absolute atomic E-state index is 12.0. The molecule has 1 saturated carbocycles. The van der Waals surface area contributed by atoms with E-state index in [1.54, 1.807) is 0 Å². The highest BCUT2D eigenvalue weighted by Gasteiger charge is 2.34. The number of hydrogen-bond acceptors (Lipinski definition) is 3. The molecule has 0 spiro atoms. The molecule has 1 saturated heterocycles. The van der Waals surface area contributed by atoms with E-state index < -0.39 is 0 Å². The van der Waals surface area contributed by atoms with E-state index in [0.717, 1.165) is 38.7 Å². The van der Waals surface area contributed by atoms with Crippen LogP contribution in [0.25, 0.3) is 0 Å². The molecule has 0 bridgehead atoms. The fourth-order valence-corrected chi connectivity index (χ4v) is 2.72. The molecule has 0 aromatic rings. The van der Waals surface area contributed by atoms with Crippen molar-refractivity contribution >= 4 is 11.8 Å². The number of carbonyl (C=O) groups excluding carboxylic acids is 2. The summed E-state index contributed by atoms with van der Waals surface area (Å²) in [5.74, 6) is -0.531. The molecular weight excluding hydrogens is 220 g/mol. The van der Waals surface area contributed by atoms with Gasteiger partial charge in [0.1, 0.15) is 0 Å². The van der Waals surface area contributed by atoms with Gasteiger partial charge in [0.15, 0.2) is 0 Å². The van der Waals surface area contributed by atoms with Crippen LogP contribution in [0.5, 0.6) is 0 Å². The Morgan fingerprint density at radius 1 is 1.18 bits per heavy atom. The van der Waals surface area contributed by atoms with Crippen LogP contribution in [0.15, 0.2) is 0 Å². The Morgan fingerprint density at radius 3 is 2.65 bits per heavy atom. The van der Waals surface area contributed by atoms with Gasteiger partial charge in [0.25, 0.3) is 0 Å². The molecule has 0 aromatic heterocycles. The summed E-state index contributed by atoms with van der Waals surface area (Å²) in [4.78, 5) is 23.2. The van der Waals surface area contributed by atoms with Crippen molar-refractivity contribution in [3.05, 3.63) is 0 Å². The zero-order valence-electron chi connectivity index (χ0n) is 9.98. The lowest BCUT2D eigenvalue weighted by Crippen LogP contribution is -2.46. The van der Waals surface area contributed by atoms with Gasteiger partial charge in [-0.05, 0) is 25.7 Å². The van der Waals surface area contributed by atoms with Crippen LogP contribution in [-0.2, 0) is 14.3 Å². The molecule has 1 aliphatic carbocycles. The number of hydrogen-bond donors (Lipinski definition) is 2. The van der Waals surface area contributed by atoms with Gasteiger partial charge in [-0.3, -0.25) is 9.59 Å². The molecule has 5 heteroatoms. The minimum absolute atomic E-state index is 0.0165. The lowest BCUT2D eigenvalue weighted by atomic mass is 9.98. The number of nitrogens with two attached hydrogens (primary N) is 1. The van der Waals surface area contributed by atoms with Crippen LogP contribution in [0.2, 0.25) is 0 Å². The van der Waals surface area contributed by atoms with Crippen molar-refractivity contribution in [1.82, 2.24) is 5.32 Å². The monoisotopic (exact) mass is 240 g/mol. The second kappa shape index (κ2) is 5.49. The molecule has 3 N–H and O–H groups in total. The highest BCUT2D eigenvalue weighted by molar-refractivity contribution is 5.82. The van der Waals surface area contributed by atoms with Crippen molar-refractivity contribution in [3.8, 4) is 0 Å². The normalized spacial score (nSPS) is 33.3. The molecule has 3 atom stereocenters. The van der Waals surface area contributed by atoms with Crippen molar-refractivity contribution in [2.75, 3.05) is 13.2 Å². The molecule has 17 heavy (non-hydrogen) atoms. The van der Waals surface area contributed by atoms with Crippen LogP contribution < -0.4 is 11.1 Å². The van der Waals surface area contributed by atoms with Crippen LogP contribution in [-0.4, -0.2) is 31.1 Å². The van der Waals surface area contributed by atoms with E-state index >= 15 is 0 Å². The summed E-state index contributed by atoms with van der Waals surface area (Å²) >= 11 is 0. The smallest absolute Gasteiger partial charge is 0.225 e. The Hall–Kier alpha value is -1.10. The lowest BCUT2D eigenvalue weighted by molar-refractivity contribution is -0.130. The van der Waals surface area contributed by atoms with E-state index in [9.17, 15) is 9.59 Å². The fourth-order valence-electron chi connectivity index (χ4n) is 2.72. The standard InChI is InChI=1S/C12H20N2O3/c13-11(15)9-4-1-5-10(9)14-12(16)8-3-2-6-17-7-8/h8-10H,1-7H2,(H2,13,15)(H,14,16)/t8-,9+,10-/m1/s1. The first-order chi connectivity index (χ1) is 8.18. The van der Waals surface area contributed by atoms with Crippen molar-refractivity contribution in [2.45, 2.75) is 38.1 Å². The number of primary amides is 1. The molecule has 0 aromatic carbocycles. The highest BCUT2D eigenvalue weighted by atomic mass is 16.5. The number of amides is 2. The van der Waals surface area contributed by atoms with Gasteiger partial charge in [0.2, 0.25) is 11.8 Å². The highest BCUT2D eigenvalue weighted by Crippen LogP contribution is 2.26. The molecule has 0 radical (unpaired) electrons. The van der Waals surface area contributed by atoms with Crippen molar-refractivity contribution in [2.24, 2.45) is 17.6 Å². The topological polar surface area (TPSA) is 81.4 Å². The van der Waals surface area contributed by atoms with E-state index in [1.165, 1.54) is 0 Å². The second-order valence-corrected chi connectivity index (χ2v) is 4.97. The van der Waals surface area contributed by atoms with Gasteiger partial charge in [-0.15, -0.1) is 0 Å². The third-order valence-electron chi connectivity index (χ3n) is 3.74. The number of rotatable bonds is 3. The van der Waals surface area contributed by atoms with Crippen LogP contribution in [0.3, 0.4) is 0 Å². The van der Waals surface area contributed by atoms with E-state index in [1.807, 2.05) is 0 Å². The van der Waals surface area contributed by atoms with Gasteiger partial charge in [-0.25, -0.2) is 0 Å². The molecule has 5 nitrogen and oxygen atoms in total. The zero-order chi connectivity index (χ0) is 12.3. The molecule has 2 aliphatic rings. The van der Waals surface area contributed by atoms with E-state index in [2.05, 4.69) is 5.32 Å². The van der Waals surface area contributed by atoms with E-state index in [4.69, 9.17) is 10.5 Å². The first kappa shape index (κ1) is 12.4. The SMILES string of the molecule is NC(=O)[C@H]1CCC[C@H]1NC(=O)[C@@H]1CCCOC1. The molecule has 0 unspecified atom stereocenters. The van der Waals surface area contributed by atoms with Crippen molar-refractivity contribution in [3.63, 3.8) is 0 Å². The number of carbonyl (C=O) groups is 2. The Labute approximate surface area is 101 Å². The van der Waals surface area contributed by atoms with Gasteiger partial charge in [-0.2, -0.15) is 0 Å². The molecular formula is C12H20N2O3. The van der Waals surface area contributed by atoms with E-state index in [0.29, 0.717) is 6.61 Å². The average molecular weight is 240 g/mol. The summed E-state index contributed by atoms with van der Waals surface area (Å²) in [6.45, 7) is 1.25. The predicted molar refractivity (Wildman–Crippen MR) is 62.0 cm³/mol. The average Bonchev–Trinajstić information content (AvgIpc) is 2.78. The Balaban J connectivity index is 1.86. The molecule has 2 rings (SSSR count). The zero-order valence-corrected chi connectivity index (χ0v) is 9.98. The first-order valence-electron chi connectivity index (χ1n) is 6.36. The van der Waals surface area contributed by atoms with Gasteiger partial charge < -0.3 is 15.8 Å². The largest absolute Gasteiger partial charge is 0.381 e. The number of nitrogens with one attached hydrogen (secondary N) is 1. The maximum Gasteiger partial charge on any atom is 0.225 e. The summed E-state index contributed by atoms with van der Waals surface area (Å²) in [5.41, 5.74) is 5.33. The van der Waals surface area contributed by atoms with Gasteiger partial charge in [0, 0.05) is 12.6 Å². The molecule has 2 fully saturated rings. The summed E-state index contributed by atoms with van der Waals surface area (Å²) < 4.78 is 5.29. The lowest BCUT2D eigenvalue weighted by Gasteiger charge is -2.25. The Bertz CT molecular complexity index is 300. The first-order valence-corrected chi connectivity index (χ1v) is 6.36. The molecule has 96 valence electrons. The van der Waals surface area contributed by atoms with Crippen LogP contribution in [0.4, 0.5) is 0 Å². The predicted octanol–water partition coefficient (Wildman–Crippen LogP) is 0.183. The van der Waals surface area contributed by atoms with Crippen molar-refractivity contribution in [1.29, 1.82) is 0 Å².